The van der Waals surface area contributed by atoms with Crippen molar-refractivity contribution in [1.29, 1.82) is 0 Å². The summed E-state index contributed by atoms with van der Waals surface area (Å²) in [5.74, 6) is 2.03. The summed E-state index contributed by atoms with van der Waals surface area (Å²) in [6.07, 6.45) is 0. The lowest BCUT2D eigenvalue weighted by Crippen LogP contribution is -1.97. The minimum atomic E-state index is 0.665. The van der Waals surface area contributed by atoms with E-state index in [2.05, 4.69) is 447 Å². The lowest BCUT2D eigenvalue weighted by Gasteiger charge is -2.13. The number of rotatable bonds is 8. The molecule has 32 aromatic rings. The molecular formula is C132H75N7O3S2. The quantitative estimate of drug-likeness (QED) is 0.146. The Labute approximate surface area is 829 Å². The van der Waals surface area contributed by atoms with Gasteiger partial charge in [-0.05, 0) is 186 Å². The molecule has 23 aromatic carbocycles. The first-order valence-electron chi connectivity index (χ1n) is 48.5. The Bertz CT molecular complexity index is 11100. The van der Waals surface area contributed by atoms with Crippen LogP contribution in [-0.2, 0) is 0 Å². The van der Waals surface area contributed by atoms with Gasteiger partial charge in [0.2, 0.25) is 0 Å². The van der Waals surface area contributed by atoms with Crippen LogP contribution in [0.1, 0.15) is 0 Å². The fourth-order valence-corrected chi connectivity index (χ4v) is 24.8. The molecule has 144 heavy (non-hydrogen) atoms. The van der Waals surface area contributed by atoms with Gasteiger partial charge in [0.15, 0.2) is 17.5 Å². The zero-order valence-corrected chi connectivity index (χ0v) is 78.6. The smallest absolute Gasteiger partial charge is 0.164 e. The maximum atomic E-state index is 6.62. The molecule has 9 aromatic heterocycles. The van der Waals surface area contributed by atoms with Crippen molar-refractivity contribution in [1.82, 2.24) is 34.5 Å². The summed E-state index contributed by atoms with van der Waals surface area (Å²) in [7, 11) is 0. The molecule has 32 rings (SSSR count). The number of hydrogen-bond acceptors (Lipinski definition) is 11. The van der Waals surface area contributed by atoms with Gasteiger partial charge in [-0.25, -0.2) is 29.9 Å². The molecule has 0 aliphatic heterocycles. The van der Waals surface area contributed by atoms with Gasteiger partial charge < -0.3 is 17.8 Å². The van der Waals surface area contributed by atoms with Crippen molar-refractivity contribution in [3.63, 3.8) is 0 Å². The van der Waals surface area contributed by atoms with Crippen molar-refractivity contribution in [2.45, 2.75) is 0 Å². The van der Waals surface area contributed by atoms with Crippen molar-refractivity contribution in [2.24, 2.45) is 0 Å². The van der Waals surface area contributed by atoms with Crippen molar-refractivity contribution < 1.29 is 13.3 Å². The maximum absolute atomic E-state index is 6.62. The highest BCUT2D eigenvalue weighted by atomic mass is 32.1. The monoisotopic (exact) mass is 1870 g/mol. The molecule has 0 radical (unpaired) electrons. The second kappa shape index (κ2) is 32.4. The number of furan rings is 3. The number of thiophene rings is 2. The van der Waals surface area contributed by atoms with Gasteiger partial charge in [-0.2, -0.15) is 0 Å². The Morgan fingerprint density at radius 2 is 0.583 bits per heavy atom. The molecule has 0 amide bonds. The van der Waals surface area contributed by atoms with Gasteiger partial charge in [0.1, 0.15) is 33.5 Å². The third-order valence-electron chi connectivity index (χ3n) is 29.1. The van der Waals surface area contributed by atoms with Gasteiger partial charge in [-0.3, -0.25) is 0 Å². The van der Waals surface area contributed by atoms with Crippen LogP contribution in [0.25, 0.3) is 310 Å². The van der Waals surface area contributed by atoms with Crippen LogP contribution in [0.4, 0.5) is 0 Å². The second-order valence-corrected chi connectivity index (χ2v) is 39.3. The van der Waals surface area contributed by atoms with Crippen LogP contribution in [0.3, 0.4) is 0 Å². The summed E-state index contributed by atoms with van der Waals surface area (Å²) in [5, 5.41) is 30.7. The number of nitrogens with zero attached hydrogens (tertiary/aromatic N) is 7. The van der Waals surface area contributed by atoms with Gasteiger partial charge in [0.05, 0.1) is 61.0 Å². The lowest BCUT2D eigenvalue weighted by molar-refractivity contribution is 0.669. The van der Waals surface area contributed by atoms with E-state index in [-0.39, 0.29) is 0 Å². The highest BCUT2D eigenvalue weighted by molar-refractivity contribution is 7.27. The fraction of sp³-hybridized carbons (Fsp3) is 0. The minimum absolute atomic E-state index is 0.665. The number of benzene rings is 23. The molecule has 0 atom stereocenters. The molecule has 10 nitrogen and oxygen atoms in total. The second-order valence-electron chi connectivity index (χ2n) is 37.2. The minimum Gasteiger partial charge on any atom is -0.455 e. The molecule has 0 bridgehead atoms. The van der Waals surface area contributed by atoms with Crippen LogP contribution in [-0.4, -0.2) is 34.5 Å². The van der Waals surface area contributed by atoms with E-state index in [4.69, 9.17) is 43.2 Å². The molecule has 0 N–H and O–H groups in total. The SMILES string of the molecule is c1cc(-c2ccc3sc4ccccc4c3c2)cc(-c2nc(-c3cccc4ccccc34)c3ccc4oc5c6ccccc6ccc5c4c3n2)c1.c1ccc(-n2c3ccccc3c3cc(-c4nc(-c5cccc6ccccc56)c5ccc6oc7c8ccccc8ccc7c6c5n4)ccc32)cc1.c1ccc2c(-c3nc(-c4cccc5c4oc4ccccc45)nc4c3ccc3sc5c6ccccc6ccc5c34)cccc2c1. The van der Waals surface area contributed by atoms with Crippen LogP contribution in [0, 0.1) is 0 Å². The predicted molar refractivity (Wildman–Crippen MR) is 604 cm³/mol. The summed E-state index contributed by atoms with van der Waals surface area (Å²) in [4.78, 5) is 32.4. The van der Waals surface area contributed by atoms with Crippen molar-refractivity contribution in [3.8, 4) is 84.7 Å². The summed E-state index contributed by atoms with van der Waals surface area (Å²) >= 11 is 3.68. The van der Waals surface area contributed by atoms with Crippen molar-refractivity contribution >= 4 is 248 Å². The number of hydrogen-bond donors (Lipinski definition) is 0. The Hall–Kier alpha value is -18.7. The summed E-state index contributed by atoms with van der Waals surface area (Å²) in [6, 6.07) is 161. The summed E-state index contributed by atoms with van der Waals surface area (Å²) < 4.78 is 27.2. The zero-order chi connectivity index (χ0) is 94.3. The Balaban J connectivity index is 0.000000101. The Morgan fingerprint density at radius 1 is 0.188 bits per heavy atom. The highest BCUT2D eigenvalue weighted by Gasteiger charge is 2.28. The van der Waals surface area contributed by atoms with Crippen LogP contribution in [0.2, 0.25) is 0 Å². The third-order valence-corrected chi connectivity index (χ3v) is 31.5. The molecule has 0 unspecified atom stereocenters. The predicted octanol–water partition coefficient (Wildman–Crippen LogP) is 37.0. The van der Waals surface area contributed by atoms with Gasteiger partial charge in [-0.1, -0.05) is 334 Å². The largest absolute Gasteiger partial charge is 0.455 e. The fourth-order valence-electron chi connectivity index (χ4n) is 22.5. The first kappa shape index (κ1) is 81.3. The van der Waals surface area contributed by atoms with E-state index in [1.807, 2.05) is 34.8 Å². The molecule has 0 saturated carbocycles. The summed E-state index contributed by atoms with van der Waals surface area (Å²) in [5.41, 5.74) is 22.4. The molecule has 0 fully saturated rings. The van der Waals surface area contributed by atoms with E-state index in [0.717, 1.165) is 203 Å². The number of para-hydroxylation sites is 4. The third kappa shape index (κ3) is 12.9. The Kier molecular flexibility index (Phi) is 18.3. The molecule has 0 spiro atoms. The van der Waals surface area contributed by atoms with Gasteiger partial charge in [-0.15, -0.1) is 22.7 Å². The van der Waals surface area contributed by atoms with E-state index in [0.29, 0.717) is 17.5 Å². The molecule has 12 heteroatoms. The number of fused-ring (bicyclic) bond motifs is 33. The van der Waals surface area contributed by atoms with E-state index in [1.54, 1.807) is 0 Å². The molecular weight excluding hydrogens is 1800 g/mol. The average molecular weight is 1870 g/mol. The molecule has 9 heterocycles. The van der Waals surface area contributed by atoms with E-state index in [9.17, 15) is 0 Å². The van der Waals surface area contributed by atoms with E-state index in [1.165, 1.54) is 89.1 Å². The molecule has 0 aliphatic rings. The maximum Gasteiger partial charge on any atom is 0.164 e. The molecule has 0 saturated heterocycles. The van der Waals surface area contributed by atoms with E-state index < -0.39 is 0 Å². The molecule has 0 aliphatic carbocycles. The van der Waals surface area contributed by atoms with E-state index >= 15 is 0 Å². The zero-order valence-electron chi connectivity index (χ0n) is 77.0. The van der Waals surface area contributed by atoms with Crippen molar-refractivity contribution in [2.75, 3.05) is 0 Å². The average Bonchev–Trinajstić information content (AvgIpc) is 1.51. The lowest BCUT2D eigenvalue weighted by atomic mass is 9.97. The van der Waals surface area contributed by atoms with Crippen LogP contribution in [0.15, 0.2) is 468 Å². The molecule has 668 valence electrons. The van der Waals surface area contributed by atoms with Gasteiger partial charge in [0.25, 0.3) is 0 Å². The summed E-state index contributed by atoms with van der Waals surface area (Å²) in [6.45, 7) is 0. The van der Waals surface area contributed by atoms with Crippen molar-refractivity contribution in [3.05, 3.63) is 455 Å². The number of aromatic nitrogens is 7. The van der Waals surface area contributed by atoms with Gasteiger partial charge in [0, 0.05) is 133 Å². The van der Waals surface area contributed by atoms with Crippen LogP contribution in [0.5, 0.6) is 0 Å². The topological polar surface area (TPSA) is 122 Å². The first-order valence-corrected chi connectivity index (χ1v) is 50.1. The standard InChI is InChI=1S/C46H27N3O.C46H26N2OS.C40H22N2OS/c1-2-14-31(15-3-1)49-39-20-9-8-18-34(39)38-27-30(22-25-40(38)49)46-47-43(35-19-10-13-28-11-4-6-16-32(28)35)37-24-26-41-42(44(37)48-46)36-23-21-29-12-5-7-17-33(29)45(36)50-41;1-3-14-32-27(9-1)11-8-17-35(32)43-37-22-23-39-42(36-21-19-28-10-2-4-15-33(28)45(36)49-39)44(37)48-46(47-43)31-13-7-12-29(25-31)30-20-24-41-38(26-30)34-16-5-6-18-40(34)50-41;1-3-12-25-23(9-1)11-7-15-28(25)36-31-21-22-34-35(30-20-19-24-10-2-4-13-26(24)39(30)44-34)37(31)42-40(41-36)32-17-8-16-29-27-14-5-6-18-33(27)43-38(29)32/h1-27H;1-26H;1-22H. The van der Waals surface area contributed by atoms with Crippen LogP contribution >= 0.6 is 22.7 Å². The first-order chi connectivity index (χ1) is 71.4. The van der Waals surface area contributed by atoms with Crippen LogP contribution < -0.4 is 0 Å². The normalized spacial score (nSPS) is 12.0. The van der Waals surface area contributed by atoms with Gasteiger partial charge >= 0.3 is 0 Å². The Morgan fingerprint density at radius 3 is 1.20 bits per heavy atom. The highest BCUT2D eigenvalue weighted by Crippen LogP contribution is 2.50.